The molecule has 2 aliphatic carbocycles. The van der Waals surface area contributed by atoms with Crippen LogP contribution in [0.25, 0.3) is 5.69 Å². The lowest BCUT2D eigenvalue weighted by atomic mass is 9.94. The van der Waals surface area contributed by atoms with Gasteiger partial charge in [0, 0.05) is 24.1 Å². The van der Waals surface area contributed by atoms with Crippen LogP contribution in [0.4, 0.5) is 30.0 Å². The van der Waals surface area contributed by atoms with Crippen molar-refractivity contribution in [1.29, 1.82) is 5.26 Å². The molecule has 1 atom stereocenters. The molecule has 2 fully saturated rings. The molecule has 0 bridgehead atoms. The third-order valence-corrected chi connectivity index (χ3v) is 8.94. The van der Waals surface area contributed by atoms with E-state index in [2.05, 4.69) is 5.10 Å². The van der Waals surface area contributed by atoms with Gasteiger partial charge in [-0.25, -0.2) is 9.48 Å². The molecule has 8 nitrogen and oxygen atoms in total. The number of nitrogens with two attached hydrogens (primary N) is 1. The summed E-state index contributed by atoms with van der Waals surface area (Å²) in [5.41, 5.74) is 1.44. The van der Waals surface area contributed by atoms with E-state index in [1.165, 1.54) is 0 Å². The van der Waals surface area contributed by atoms with Crippen LogP contribution in [0.15, 0.2) is 11.0 Å². The minimum atomic E-state index is -10.4. The fraction of sp³-hybridized carbons (Fsp3) is 0.368. The van der Waals surface area contributed by atoms with Crippen molar-refractivity contribution in [3.8, 4) is 11.8 Å². The van der Waals surface area contributed by atoms with Crippen molar-refractivity contribution in [2.24, 2.45) is 5.73 Å². The van der Waals surface area contributed by atoms with Gasteiger partial charge in [-0.15, -0.1) is 23.2 Å². The van der Waals surface area contributed by atoms with Crippen molar-refractivity contribution in [3.05, 3.63) is 32.9 Å². The monoisotopic (exact) mass is 627 g/mol. The highest BCUT2D eigenvalue weighted by molar-refractivity contribution is 8.45. The van der Waals surface area contributed by atoms with Gasteiger partial charge in [-0.1, -0.05) is 42.6 Å². The Morgan fingerprint density at radius 1 is 1.27 bits per heavy atom. The van der Waals surface area contributed by atoms with Crippen LogP contribution in [0.3, 0.4) is 0 Å². The van der Waals surface area contributed by atoms with Crippen LogP contribution in [-0.2, 0) is 10.2 Å². The lowest BCUT2D eigenvalue weighted by molar-refractivity contribution is -0.120. The van der Waals surface area contributed by atoms with E-state index in [4.69, 9.17) is 52.1 Å². The highest BCUT2D eigenvalue weighted by Gasteiger charge is 2.69. The van der Waals surface area contributed by atoms with E-state index < -0.39 is 75.6 Å². The minimum Gasteiger partial charge on any atom is -0.465 e. The Bertz CT molecular complexity index is 1450. The summed E-state index contributed by atoms with van der Waals surface area (Å²) in [5.74, 6) is -2.90. The second-order valence-corrected chi connectivity index (χ2v) is 13.5. The molecule has 2 aliphatic rings. The maximum atomic E-state index is 14.0. The van der Waals surface area contributed by atoms with E-state index in [0.717, 1.165) is 7.05 Å². The first-order chi connectivity index (χ1) is 16.6. The molecule has 0 saturated heterocycles. The molecular weight excluding hydrogens is 615 g/mol. The van der Waals surface area contributed by atoms with Crippen LogP contribution >= 0.6 is 56.6 Å². The number of amides is 2. The smallest absolute Gasteiger partial charge is 0.412 e. The molecule has 1 unspecified atom stereocenters. The normalized spacial score (nSPS) is 21.4. The second kappa shape index (κ2) is 7.47. The molecule has 1 aromatic heterocycles. The lowest BCUT2D eigenvalue weighted by Gasteiger charge is -2.42. The van der Waals surface area contributed by atoms with Crippen LogP contribution in [0.2, 0.25) is 10.0 Å². The molecule has 37 heavy (non-hydrogen) atoms. The second-order valence-electron chi connectivity index (χ2n) is 8.78. The van der Waals surface area contributed by atoms with Gasteiger partial charge in [0.15, 0.2) is 5.69 Å². The number of anilines is 1. The first-order valence-corrected chi connectivity index (χ1v) is 13.5. The summed E-state index contributed by atoms with van der Waals surface area (Å²) in [7, 11) is -9.43. The third-order valence-electron chi connectivity index (χ3n) is 6.27. The fourth-order valence-corrected chi connectivity index (χ4v) is 6.59. The van der Waals surface area contributed by atoms with E-state index in [9.17, 15) is 39.4 Å². The Kier molecular flexibility index (Phi) is 5.62. The quantitative estimate of drug-likeness (QED) is 0.263. The average molecular weight is 629 g/mol. The van der Waals surface area contributed by atoms with Crippen LogP contribution in [-0.4, -0.2) is 38.3 Å². The highest BCUT2D eigenvalue weighted by atomic mass is 35.5. The number of carboxylic acid groups (broad SMARTS) is 1. The zero-order valence-corrected chi connectivity index (χ0v) is 22.1. The maximum absolute atomic E-state index is 14.0. The number of hydrogen-bond donors (Lipinski definition) is 2. The Morgan fingerprint density at radius 3 is 2.19 bits per heavy atom. The molecule has 1 heterocycles. The van der Waals surface area contributed by atoms with Gasteiger partial charge in [0.1, 0.15) is 26.8 Å². The van der Waals surface area contributed by atoms with Crippen molar-refractivity contribution in [3.63, 3.8) is 0 Å². The summed E-state index contributed by atoms with van der Waals surface area (Å²) in [6.45, 7) is 0. The molecular formula is C19H14Cl4F5N5O3S. The summed E-state index contributed by atoms with van der Waals surface area (Å²) in [6.07, 6.45) is -1.77. The highest BCUT2D eigenvalue weighted by Crippen LogP contribution is 3.03. The van der Waals surface area contributed by atoms with Crippen LogP contribution < -0.4 is 10.6 Å². The van der Waals surface area contributed by atoms with Gasteiger partial charge >= 0.3 is 16.3 Å². The van der Waals surface area contributed by atoms with Crippen molar-refractivity contribution in [2.75, 3.05) is 11.9 Å². The first kappa shape index (κ1) is 27.8. The number of halogens is 9. The zero-order chi connectivity index (χ0) is 28.2. The molecule has 3 N–H and O–H groups in total. The SMILES string of the molecule is CN(C(=O)O)c1c(C2(C(N)=O)CC2)c(C#N)nn1-c1c(Cl)cc(S(F)(F)(F)(F)F)c(C2CC2(Cl)Cl)c1Cl. The summed E-state index contributed by atoms with van der Waals surface area (Å²) < 4.78 is 68.9. The lowest BCUT2D eigenvalue weighted by Crippen LogP contribution is -2.33. The van der Waals surface area contributed by atoms with Gasteiger partial charge in [0.05, 0.1) is 15.5 Å². The largest absolute Gasteiger partial charge is 0.465 e. The van der Waals surface area contributed by atoms with Gasteiger partial charge in [0.25, 0.3) is 0 Å². The van der Waals surface area contributed by atoms with Gasteiger partial charge in [0.2, 0.25) is 5.91 Å². The Hall–Kier alpha value is -2.18. The number of hydrogen-bond acceptors (Lipinski definition) is 4. The molecule has 2 saturated carbocycles. The summed E-state index contributed by atoms with van der Waals surface area (Å²) in [6, 6.07) is 1.62. The maximum Gasteiger partial charge on any atom is 0.412 e. The van der Waals surface area contributed by atoms with Crippen LogP contribution in [0.1, 0.15) is 42.0 Å². The zero-order valence-electron chi connectivity index (χ0n) is 18.2. The Labute approximate surface area is 225 Å². The van der Waals surface area contributed by atoms with E-state index in [-0.39, 0.29) is 30.9 Å². The van der Waals surface area contributed by atoms with Crippen LogP contribution in [0.5, 0.6) is 0 Å². The van der Waals surface area contributed by atoms with Crippen molar-refractivity contribution in [1.82, 2.24) is 9.78 Å². The molecule has 202 valence electrons. The fourth-order valence-electron chi connectivity index (χ4n) is 4.20. The van der Waals surface area contributed by atoms with Crippen molar-refractivity contribution in [2.45, 2.75) is 39.8 Å². The third kappa shape index (κ3) is 4.44. The standard InChI is InChI=1S/C19H14Cl4F5N5O3S/c1-32(17(35)36)15-12(18(2-3-18)16(30)34)9(6-29)31-33(15)14-8(20)4-10(37(24,25,26,27)28)11(13(14)21)7-5-19(7,22)23/h4,7H,2-3,5H2,1H3,(H2,30,34)(H,35,36). The number of carbonyl (C=O) groups excluding carboxylic acids is 1. The molecule has 1 aromatic carbocycles. The summed E-state index contributed by atoms with van der Waals surface area (Å²) in [4.78, 5) is 22.3. The van der Waals surface area contributed by atoms with E-state index >= 15 is 0 Å². The van der Waals surface area contributed by atoms with E-state index in [0.29, 0.717) is 9.58 Å². The van der Waals surface area contributed by atoms with Crippen molar-refractivity contribution < 1.29 is 34.1 Å². The Balaban J connectivity index is 2.14. The predicted molar refractivity (Wildman–Crippen MR) is 128 cm³/mol. The Morgan fingerprint density at radius 2 is 1.81 bits per heavy atom. The number of nitrogens with zero attached hydrogens (tertiary/aromatic N) is 4. The number of alkyl halides is 2. The molecule has 18 heteroatoms. The summed E-state index contributed by atoms with van der Waals surface area (Å²) >= 11 is 24.2. The molecule has 2 aromatic rings. The molecule has 0 spiro atoms. The van der Waals surface area contributed by atoms with Gasteiger partial charge < -0.3 is 10.8 Å². The van der Waals surface area contributed by atoms with Crippen molar-refractivity contribution >= 4 is 74.4 Å². The van der Waals surface area contributed by atoms with E-state index in [1.807, 2.05) is 0 Å². The summed E-state index contributed by atoms with van der Waals surface area (Å²) in [5, 5.41) is 21.3. The van der Waals surface area contributed by atoms with E-state index in [1.54, 1.807) is 6.07 Å². The topological polar surface area (TPSA) is 125 Å². The van der Waals surface area contributed by atoms with Gasteiger partial charge in [-0.2, -0.15) is 10.4 Å². The number of rotatable bonds is 6. The number of nitriles is 1. The molecule has 0 aliphatic heterocycles. The van der Waals surface area contributed by atoms with Gasteiger partial charge in [-0.3, -0.25) is 9.69 Å². The minimum absolute atomic E-state index is 0.0687. The van der Waals surface area contributed by atoms with Gasteiger partial charge in [-0.05, 0) is 25.3 Å². The molecule has 4 rings (SSSR count). The first-order valence-electron chi connectivity index (χ1n) is 10.0. The van der Waals surface area contributed by atoms with Crippen LogP contribution in [0, 0.1) is 11.3 Å². The number of carbonyl (C=O) groups is 2. The predicted octanol–water partition coefficient (Wildman–Crippen LogP) is 7.00. The number of benzene rings is 1. The average Bonchev–Trinajstić information content (AvgIpc) is 3.61. The number of aromatic nitrogens is 2. The molecule has 2 amide bonds. The number of primary amides is 1. The molecule has 0 radical (unpaired) electrons.